The Bertz CT molecular complexity index is 1230. The quantitative estimate of drug-likeness (QED) is 0.436. The third-order valence-corrected chi connectivity index (χ3v) is 5.90. The first-order valence-electron chi connectivity index (χ1n) is 11.1. The molecule has 0 spiro atoms. The molecule has 1 fully saturated rings. The monoisotopic (exact) mass is 431 g/mol. The van der Waals surface area contributed by atoms with Crippen molar-refractivity contribution in [3.8, 4) is 0 Å². The number of guanidine groups is 1. The lowest BCUT2D eigenvalue weighted by Gasteiger charge is -2.27. The lowest BCUT2D eigenvalue weighted by Crippen LogP contribution is -2.37. The molecule has 4 nitrogen and oxygen atoms in total. The van der Waals surface area contributed by atoms with Crippen molar-refractivity contribution < 1.29 is 4.79 Å². The molecule has 5 rings (SSSR count). The van der Waals surface area contributed by atoms with E-state index in [2.05, 4.69) is 29.6 Å². The van der Waals surface area contributed by atoms with Crippen molar-refractivity contribution in [2.75, 3.05) is 0 Å². The van der Waals surface area contributed by atoms with Crippen LogP contribution in [0.3, 0.4) is 0 Å². The topological polar surface area (TPSA) is 44.7 Å². The Morgan fingerprint density at radius 1 is 0.697 bits per heavy atom. The fourth-order valence-corrected chi connectivity index (χ4v) is 4.30. The summed E-state index contributed by atoms with van der Waals surface area (Å²) in [6.07, 6.45) is 0. The predicted molar refractivity (Wildman–Crippen MR) is 132 cm³/mol. The molecule has 4 aromatic carbocycles. The molecular weight excluding hydrogens is 406 g/mol. The van der Waals surface area contributed by atoms with Crippen LogP contribution in [-0.2, 0) is 6.54 Å². The van der Waals surface area contributed by atoms with Gasteiger partial charge in [0.2, 0.25) is 5.96 Å². The van der Waals surface area contributed by atoms with Crippen LogP contribution in [0.2, 0.25) is 0 Å². The highest BCUT2D eigenvalue weighted by atomic mass is 16.2. The van der Waals surface area contributed by atoms with Gasteiger partial charge in [-0.3, -0.25) is 9.69 Å². The second-order valence-corrected chi connectivity index (χ2v) is 8.05. The van der Waals surface area contributed by atoms with Crippen molar-refractivity contribution in [3.05, 3.63) is 144 Å². The Morgan fingerprint density at radius 3 is 1.82 bits per heavy atom. The van der Waals surface area contributed by atoms with Crippen molar-refractivity contribution in [1.82, 2.24) is 10.2 Å². The summed E-state index contributed by atoms with van der Waals surface area (Å²) in [6, 6.07) is 39.6. The maximum Gasteiger partial charge on any atom is 0.261 e. The second-order valence-electron chi connectivity index (χ2n) is 8.05. The normalized spacial score (nSPS) is 18.8. The molecule has 1 aliphatic heterocycles. The second kappa shape index (κ2) is 9.53. The van der Waals surface area contributed by atoms with E-state index >= 15 is 0 Å². The molecule has 1 N–H and O–H groups in total. The standard InChI is InChI=1S/C29H25N3O/c33-28(25-19-11-4-12-20-25)32-27(24-17-9-3-10-18-24)26(23-15-7-2-8-16-23)31-29(32)30-21-22-13-5-1-6-14-22/h1-20,26-27H,21H2,(H,30,31)/t26-,27-/m0/s1. The van der Waals surface area contributed by atoms with Crippen LogP contribution in [0.5, 0.6) is 0 Å². The highest BCUT2D eigenvalue weighted by Crippen LogP contribution is 2.40. The molecule has 1 aliphatic rings. The fraction of sp³-hybridized carbons (Fsp3) is 0.103. The van der Waals surface area contributed by atoms with E-state index in [1.807, 2.05) is 102 Å². The summed E-state index contributed by atoms with van der Waals surface area (Å²) < 4.78 is 0. The van der Waals surface area contributed by atoms with Crippen LogP contribution in [0.1, 0.15) is 39.1 Å². The molecule has 33 heavy (non-hydrogen) atoms. The van der Waals surface area contributed by atoms with E-state index in [-0.39, 0.29) is 18.0 Å². The highest BCUT2D eigenvalue weighted by molar-refractivity contribution is 6.07. The molecule has 0 unspecified atom stereocenters. The van der Waals surface area contributed by atoms with Crippen LogP contribution in [0, 0.1) is 0 Å². The maximum atomic E-state index is 13.8. The minimum absolute atomic E-state index is 0.0674. The van der Waals surface area contributed by atoms with Gasteiger partial charge in [-0.1, -0.05) is 109 Å². The third-order valence-electron chi connectivity index (χ3n) is 5.90. The summed E-state index contributed by atoms with van der Waals surface area (Å²) in [5.41, 5.74) is 3.91. The number of rotatable bonds is 5. The summed E-state index contributed by atoms with van der Waals surface area (Å²) in [5, 5.41) is 3.58. The number of hydrogen-bond acceptors (Lipinski definition) is 2. The van der Waals surface area contributed by atoms with Gasteiger partial charge < -0.3 is 5.32 Å². The Balaban J connectivity index is 1.61. The molecule has 0 saturated carbocycles. The molecule has 162 valence electrons. The first-order chi connectivity index (χ1) is 16.3. The molecule has 2 atom stereocenters. The van der Waals surface area contributed by atoms with E-state index in [0.29, 0.717) is 18.1 Å². The van der Waals surface area contributed by atoms with Crippen LogP contribution in [0.25, 0.3) is 0 Å². The van der Waals surface area contributed by atoms with Crippen LogP contribution >= 0.6 is 0 Å². The van der Waals surface area contributed by atoms with Gasteiger partial charge in [-0.2, -0.15) is 0 Å². The van der Waals surface area contributed by atoms with Crippen molar-refractivity contribution >= 4 is 11.9 Å². The number of aliphatic imine (C=N–C) groups is 1. The number of nitrogens with zero attached hydrogens (tertiary/aromatic N) is 2. The number of carbonyl (C=O) groups excluding carboxylic acids is 1. The molecule has 1 saturated heterocycles. The minimum atomic E-state index is -0.226. The van der Waals surface area contributed by atoms with Gasteiger partial charge in [0.25, 0.3) is 5.91 Å². The van der Waals surface area contributed by atoms with E-state index in [4.69, 9.17) is 4.99 Å². The fourth-order valence-electron chi connectivity index (χ4n) is 4.30. The molecular formula is C29H25N3O. The average Bonchev–Trinajstić information content (AvgIpc) is 3.29. The summed E-state index contributed by atoms with van der Waals surface area (Å²) in [5.74, 6) is 0.526. The lowest BCUT2D eigenvalue weighted by molar-refractivity contribution is 0.0808. The highest BCUT2D eigenvalue weighted by Gasteiger charge is 2.43. The number of amides is 1. The van der Waals surface area contributed by atoms with E-state index in [1.165, 1.54) is 0 Å². The number of carbonyl (C=O) groups is 1. The van der Waals surface area contributed by atoms with E-state index < -0.39 is 0 Å². The van der Waals surface area contributed by atoms with Gasteiger partial charge in [-0.25, -0.2) is 4.99 Å². The number of hydrogen-bond donors (Lipinski definition) is 1. The Hall–Kier alpha value is -4.18. The van der Waals surface area contributed by atoms with Crippen LogP contribution < -0.4 is 5.32 Å². The van der Waals surface area contributed by atoms with Gasteiger partial charge in [0.15, 0.2) is 0 Å². The van der Waals surface area contributed by atoms with Crippen molar-refractivity contribution in [3.63, 3.8) is 0 Å². The molecule has 1 heterocycles. The summed E-state index contributed by atoms with van der Waals surface area (Å²) in [4.78, 5) is 20.5. The van der Waals surface area contributed by atoms with Gasteiger partial charge in [0.05, 0.1) is 18.6 Å². The number of benzene rings is 4. The minimum Gasteiger partial charge on any atom is -0.347 e. The Morgan fingerprint density at radius 2 is 1.21 bits per heavy atom. The molecule has 1 amide bonds. The van der Waals surface area contributed by atoms with Crippen molar-refractivity contribution in [1.29, 1.82) is 0 Å². The number of nitrogens with one attached hydrogen (secondary N) is 1. The van der Waals surface area contributed by atoms with Crippen LogP contribution in [0.4, 0.5) is 0 Å². The van der Waals surface area contributed by atoms with Crippen molar-refractivity contribution in [2.45, 2.75) is 18.6 Å². The van der Waals surface area contributed by atoms with Gasteiger partial charge >= 0.3 is 0 Å². The van der Waals surface area contributed by atoms with E-state index in [1.54, 1.807) is 0 Å². The third kappa shape index (κ3) is 4.41. The summed E-state index contributed by atoms with van der Waals surface area (Å²) >= 11 is 0. The Kier molecular flexibility index (Phi) is 5.98. The zero-order valence-corrected chi connectivity index (χ0v) is 18.2. The molecule has 0 bridgehead atoms. The lowest BCUT2D eigenvalue weighted by atomic mass is 9.93. The molecule has 4 heteroatoms. The first kappa shape index (κ1) is 20.7. The van der Waals surface area contributed by atoms with Gasteiger partial charge in [0.1, 0.15) is 0 Å². The van der Waals surface area contributed by atoms with E-state index in [9.17, 15) is 4.79 Å². The smallest absolute Gasteiger partial charge is 0.261 e. The maximum absolute atomic E-state index is 13.8. The first-order valence-corrected chi connectivity index (χ1v) is 11.1. The zero-order valence-electron chi connectivity index (χ0n) is 18.2. The zero-order chi connectivity index (χ0) is 22.5. The van der Waals surface area contributed by atoms with Crippen LogP contribution in [0.15, 0.2) is 126 Å². The summed E-state index contributed by atoms with van der Waals surface area (Å²) in [6.45, 7) is 0.491. The van der Waals surface area contributed by atoms with Crippen LogP contribution in [-0.4, -0.2) is 16.8 Å². The van der Waals surface area contributed by atoms with Gasteiger partial charge in [-0.05, 0) is 28.8 Å². The average molecular weight is 432 g/mol. The Labute approximate surface area is 194 Å². The summed E-state index contributed by atoms with van der Waals surface area (Å²) in [7, 11) is 0. The molecule has 4 aromatic rings. The van der Waals surface area contributed by atoms with Gasteiger partial charge in [-0.15, -0.1) is 0 Å². The largest absolute Gasteiger partial charge is 0.347 e. The molecule has 0 aliphatic carbocycles. The van der Waals surface area contributed by atoms with Gasteiger partial charge in [0, 0.05) is 5.56 Å². The molecule has 0 aromatic heterocycles. The van der Waals surface area contributed by atoms with Crippen molar-refractivity contribution in [2.24, 2.45) is 4.99 Å². The SMILES string of the molecule is O=C(c1ccccc1)N1C(=NCc2ccccc2)N[C@@H](c2ccccc2)[C@@H]1c1ccccc1. The molecule has 0 radical (unpaired) electrons. The van der Waals surface area contributed by atoms with E-state index in [0.717, 1.165) is 16.7 Å². The predicted octanol–water partition coefficient (Wildman–Crippen LogP) is 5.77.